The van der Waals surface area contributed by atoms with Gasteiger partial charge in [-0.3, -0.25) is 9.59 Å². The monoisotopic (exact) mass is 202 g/mol. The van der Waals surface area contributed by atoms with E-state index in [1.807, 2.05) is 20.8 Å². The third kappa shape index (κ3) is 10.7. The molecule has 0 aliphatic heterocycles. The fourth-order valence-corrected chi connectivity index (χ4v) is 0.619. The third-order valence-electron chi connectivity index (χ3n) is 1.24. The molecule has 0 rings (SSSR count). The summed E-state index contributed by atoms with van der Waals surface area (Å²) in [5, 5.41) is 4.75. The number of nitrogens with zero attached hydrogens (tertiary/aromatic N) is 1. The standard InChI is InChI=1S/C7H12N2O3.C2H6/c1-2-5-8-6(10)3-4-7(11)9-12;1-2/h2-5H2,1H3,(H,8,10);1-2H3. The van der Waals surface area contributed by atoms with Crippen LogP contribution >= 0.6 is 0 Å². The number of amides is 2. The molecule has 0 spiro atoms. The van der Waals surface area contributed by atoms with Gasteiger partial charge in [-0.2, -0.15) is 0 Å². The summed E-state index contributed by atoms with van der Waals surface area (Å²) in [6, 6.07) is 0. The van der Waals surface area contributed by atoms with Crippen molar-refractivity contribution in [3.05, 3.63) is 4.91 Å². The Morgan fingerprint density at radius 1 is 1.21 bits per heavy atom. The second-order valence-corrected chi connectivity index (χ2v) is 2.33. The van der Waals surface area contributed by atoms with Gasteiger partial charge in [0.1, 0.15) is 0 Å². The molecule has 0 aliphatic rings. The SMILES string of the molecule is CC.CCCNC(=O)CCC(=O)N=O. The van der Waals surface area contributed by atoms with Gasteiger partial charge in [-0.15, -0.1) is 4.91 Å². The molecular formula is C9H18N2O3. The van der Waals surface area contributed by atoms with Crippen LogP contribution in [0.5, 0.6) is 0 Å². The van der Waals surface area contributed by atoms with E-state index < -0.39 is 5.91 Å². The van der Waals surface area contributed by atoms with Crippen molar-refractivity contribution in [3.8, 4) is 0 Å². The zero-order valence-corrected chi connectivity index (χ0v) is 9.00. The molecule has 1 N–H and O–H groups in total. The first-order valence-corrected chi connectivity index (χ1v) is 4.83. The average Bonchev–Trinajstić information content (AvgIpc) is 2.25. The van der Waals surface area contributed by atoms with Crippen LogP contribution in [0.3, 0.4) is 0 Å². The van der Waals surface area contributed by atoms with Gasteiger partial charge in [-0.1, -0.05) is 20.8 Å². The van der Waals surface area contributed by atoms with Crippen molar-refractivity contribution in [1.29, 1.82) is 0 Å². The normalized spacial score (nSPS) is 8.21. The minimum Gasteiger partial charge on any atom is -0.356 e. The maximum absolute atomic E-state index is 10.8. The van der Waals surface area contributed by atoms with Gasteiger partial charge in [0.25, 0.3) is 5.91 Å². The Labute approximate surface area is 84.2 Å². The quantitative estimate of drug-likeness (QED) is 0.688. The van der Waals surface area contributed by atoms with Gasteiger partial charge in [0.15, 0.2) is 0 Å². The Kier molecular flexibility index (Phi) is 12.8. The maximum Gasteiger partial charge on any atom is 0.286 e. The summed E-state index contributed by atoms with van der Waals surface area (Å²) in [6.07, 6.45) is 0.801. The molecular weight excluding hydrogens is 184 g/mol. The van der Waals surface area contributed by atoms with E-state index in [-0.39, 0.29) is 18.7 Å². The van der Waals surface area contributed by atoms with Crippen LogP contribution in [0.15, 0.2) is 5.18 Å². The molecule has 0 atom stereocenters. The van der Waals surface area contributed by atoms with Crippen LogP contribution in [0, 0.1) is 4.91 Å². The van der Waals surface area contributed by atoms with Gasteiger partial charge in [-0.25, -0.2) is 0 Å². The molecule has 2 amide bonds. The number of carbonyl (C=O) groups is 2. The lowest BCUT2D eigenvalue weighted by molar-refractivity contribution is -0.124. The van der Waals surface area contributed by atoms with Crippen molar-refractivity contribution < 1.29 is 9.59 Å². The largest absolute Gasteiger partial charge is 0.356 e. The molecule has 0 aliphatic carbocycles. The van der Waals surface area contributed by atoms with Crippen LogP contribution in [0.2, 0.25) is 0 Å². The van der Waals surface area contributed by atoms with Crippen LogP contribution in [0.25, 0.3) is 0 Å². The van der Waals surface area contributed by atoms with E-state index in [0.29, 0.717) is 6.54 Å². The Balaban J connectivity index is 0. The first-order chi connectivity index (χ1) is 6.70. The molecule has 82 valence electrons. The van der Waals surface area contributed by atoms with Crippen molar-refractivity contribution in [2.45, 2.75) is 40.0 Å². The number of hydrogen-bond donors (Lipinski definition) is 1. The Morgan fingerprint density at radius 3 is 2.21 bits per heavy atom. The van der Waals surface area contributed by atoms with E-state index >= 15 is 0 Å². The lowest BCUT2D eigenvalue weighted by Crippen LogP contribution is -2.24. The summed E-state index contributed by atoms with van der Waals surface area (Å²) >= 11 is 0. The van der Waals surface area contributed by atoms with Crippen LogP contribution in [0.1, 0.15) is 40.0 Å². The number of nitroso groups, excluding NO2 is 1. The molecule has 0 radical (unpaired) electrons. The van der Waals surface area contributed by atoms with Crippen molar-refractivity contribution in [1.82, 2.24) is 5.32 Å². The summed E-state index contributed by atoms with van der Waals surface area (Å²) < 4.78 is 0. The fourth-order valence-electron chi connectivity index (χ4n) is 0.619. The van der Waals surface area contributed by atoms with Gasteiger partial charge in [-0.05, 0) is 6.42 Å². The van der Waals surface area contributed by atoms with Crippen molar-refractivity contribution in [3.63, 3.8) is 0 Å². The van der Waals surface area contributed by atoms with Crippen molar-refractivity contribution in [2.24, 2.45) is 5.18 Å². The van der Waals surface area contributed by atoms with Crippen LogP contribution in [-0.2, 0) is 9.59 Å². The van der Waals surface area contributed by atoms with Crippen LogP contribution < -0.4 is 5.32 Å². The molecule has 0 fully saturated rings. The zero-order valence-electron chi connectivity index (χ0n) is 9.00. The number of rotatable bonds is 5. The molecule has 0 saturated heterocycles. The van der Waals surface area contributed by atoms with Crippen molar-refractivity contribution >= 4 is 11.8 Å². The predicted molar refractivity (Wildman–Crippen MR) is 54.7 cm³/mol. The van der Waals surface area contributed by atoms with E-state index in [4.69, 9.17) is 0 Å². The lowest BCUT2D eigenvalue weighted by atomic mass is 10.3. The van der Waals surface area contributed by atoms with Gasteiger partial charge in [0, 0.05) is 24.6 Å². The molecule has 0 unspecified atom stereocenters. The molecule has 14 heavy (non-hydrogen) atoms. The minimum absolute atomic E-state index is 0.0462. The minimum atomic E-state index is -0.776. The van der Waals surface area contributed by atoms with Crippen LogP contribution in [0.4, 0.5) is 0 Å². The number of nitrogens with one attached hydrogen (secondary N) is 1. The Morgan fingerprint density at radius 2 is 1.79 bits per heavy atom. The third-order valence-corrected chi connectivity index (χ3v) is 1.24. The highest BCUT2D eigenvalue weighted by Crippen LogP contribution is 1.91. The van der Waals surface area contributed by atoms with Gasteiger partial charge < -0.3 is 5.32 Å². The summed E-state index contributed by atoms with van der Waals surface area (Å²) in [7, 11) is 0. The summed E-state index contributed by atoms with van der Waals surface area (Å²) in [5.74, 6) is -0.990. The molecule has 0 bridgehead atoms. The zero-order chi connectivity index (χ0) is 11.4. The predicted octanol–water partition coefficient (Wildman–Crippen LogP) is 1.61. The summed E-state index contributed by atoms with van der Waals surface area (Å²) in [6.45, 7) is 6.53. The highest BCUT2D eigenvalue weighted by Gasteiger charge is 2.05. The lowest BCUT2D eigenvalue weighted by Gasteiger charge is -1.99. The van der Waals surface area contributed by atoms with Gasteiger partial charge in [0.2, 0.25) is 5.91 Å². The first kappa shape index (κ1) is 15.2. The fraction of sp³-hybridized carbons (Fsp3) is 0.778. The Hall–Kier alpha value is -1.26. The highest BCUT2D eigenvalue weighted by molar-refractivity contribution is 5.83. The molecule has 5 nitrogen and oxygen atoms in total. The van der Waals surface area contributed by atoms with Gasteiger partial charge in [0.05, 0.1) is 0 Å². The Bertz CT molecular complexity index is 181. The second kappa shape index (κ2) is 11.7. The average molecular weight is 202 g/mol. The first-order valence-electron chi connectivity index (χ1n) is 4.83. The van der Waals surface area contributed by atoms with Gasteiger partial charge >= 0.3 is 0 Å². The maximum atomic E-state index is 10.8. The molecule has 0 saturated carbocycles. The van der Waals surface area contributed by atoms with E-state index in [1.54, 1.807) is 0 Å². The van der Waals surface area contributed by atoms with E-state index in [0.717, 1.165) is 6.42 Å². The van der Waals surface area contributed by atoms with Crippen LogP contribution in [-0.4, -0.2) is 18.4 Å². The number of carbonyl (C=O) groups excluding carboxylic acids is 2. The molecule has 0 heterocycles. The van der Waals surface area contributed by atoms with E-state index in [2.05, 4.69) is 10.5 Å². The molecule has 5 heteroatoms. The smallest absolute Gasteiger partial charge is 0.286 e. The highest BCUT2D eigenvalue weighted by atomic mass is 16.3. The number of hydrogen-bond acceptors (Lipinski definition) is 3. The molecule has 0 aromatic carbocycles. The topological polar surface area (TPSA) is 75.6 Å². The second-order valence-electron chi connectivity index (χ2n) is 2.33. The summed E-state index contributed by atoms with van der Waals surface area (Å²) in [4.78, 5) is 30.7. The van der Waals surface area contributed by atoms with E-state index in [1.165, 1.54) is 0 Å². The molecule has 0 aromatic rings. The summed E-state index contributed by atoms with van der Waals surface area (Å²) in [5.41, 5.74) is 0. The van der Waals surface area contributed by atoms with E-state index in [9.17, 15) is 14.5 Å². The molecule has 0 aromatic heterocycles. The van der Waals surface area contributed by atoms with Crippen molar-refractivity contribution in [2.75, 3.05) is 6.54 Å².